The van der Waals surface area contributed by atoms with Gasteiger partial charge in [-0.05, 0) is 32.1 Å². The largest absolute Gasteiger partial charge is 0.331 e. The van der Waals surface area contributed by atoms with Gasteiger partial charge in [-0.1, -0.05) is 156 Å². The molecule has 0 amide bonds. The van der Waals surface area contributed by atoms with Crippen LogP contribution >= 0.6 is 0 Å². The Morgan fingerprint density at radius 3 is 1.26 bits per heavy atom. The van der Waals surface area contributed by atoms with Crippen LogP contribution < -0.4 is 0 Å². The molecule has 2 atom stereocenters. The van der Waals surface area contributed by atoms with Crippen LogP contribution in [-0.4, -0.2) is 9.55 Å². The van der Waals surface area contributed by atoms with Crippen molar-refractivity contribution >= 4 is 0 Å². The van der Waals surface area contributed by atoms with Crippen molar-refractivity contribution < 1.29 is 0 Å². The summed E-state index contributed by atoms with van der Waals surface area (Å²) in [6, 6.07) is 0. The Balaban J connectivity index is 2.23. The highest BCUT2D eigenvalue weighted by atomic mass is 15.1. The zero-order valence-corrected chi connectivity index (χ0v) is 24.7. The fraction of sp³-hybridized carbons (Fsp3) is 0.909. The summed E-state index contributed by atoms with van der Waals surface area (Å²) in [5.74, 6) is 0.773. The minimum absolute atomic E-state index is 0.218. The summed E-state index contributed by atoms with van der Waals surface area (Å²) in [7, 11) is 0. The van der Waals surface area contributed by atoms with Gasteiger partial charge in [-0.15, -0.1) is 0 Å². The van der Waals surface area contributed by atoms with Crippen molar-refractivity contribution in [2.75, 3.05) is 0 Å². The lowest BCUT2D eigenvalue weighted by molar-refractivity contribution is 0.153. The van der Waals surface area contributed by atoms with E-state index in [9.17, 15) is 0 Å². The Morgan fingerprint density at radius 2 is 0.943 bits per heavy atom. The second kappa shape index (κ2) is 22.4. The molecule has 0 N–H and O–H groups in total. The molecule has 0 spiro atoms. The van der Waals surface area contributed by atoms with Crippen molar-refractivity contribution in [3.63, 3.8) is 0 Å². The Labute approximate surface area is 221 Å². The van der Waals surface area contributed by atoms with Crippen molar-refractivity contribution in [3.05, 3.63) is 18.7 Å². The zero-order chi connectivity index (χ0) is 25.5. The summed E-state index contributed by atoms with van der Waals surface area (Å²) in [4.78, 5) is 4.39. The van der Waals surface area contributed by atoms with Gasteiger partial charge in [0.05, 0.1) is 6.33 Å². The van der Waals surface area contributed by atoms with E-state index in [0.717, 1.165) is 5.92 Å². The number of rotatable bonds is 26. The summed E-state index contributed by atoms with van der Waals surface area (Å²) in [6.45, 7) is 9.48. The minimum Gasteiger partial charge on any atom is -0.331 e. The number of nitrogens with zero attached hydrogens (tertiary/aromatic N) is 2. The molecule has 206 valence electrons. The first-order chi connectivity index (χ1) is 17.2. The first kappa shape index (κ1) is 32.2. The molecule has 1 aromatic heterocycles. The van der Waals surface area contributed by atoms with Crippen molar-refractivity contribution in [2.45, 2.75) is 187 Å². The van der Waals surface area contributed by atoms with Crippen LogP contribution in [-0.2, 0) is 5.54 Å². The van der Waals surface area contributed by atoms with Gasteiger partial charge in [-0.3, -0.25) is 0 Å². The van der Waals surface area contributed by atoms with Crippen molar-refractivity contribution in [2.24, 2.45) is 5.92 Å². The van der Waals surface area contributed by atoms with Gasteiger partial charge in [0.1, 0.15) is 0 Å². The van der Waals surface area contributed by atoms with Crippen LogP contribution in [0.2, 0.25) is 0 Å². The van der Waals surface area contributed by atoms with Crippen molar-refractivity contribution in [3.8, 4) is 0 Å². The Kier molecular flexibility index (Phi) is 20.6. The SMILES string of the molecule is CCCCCCCCCCCCCCCCC(CCCCCCCCC)C(C)(CC)n1ccnc1. The van der Waals surface area contributed by atoms with Crippen LogP contribution in [0.25, 0.3) is 0 Å². The molecule has 0 fully saturated rings. The summed E-state index contributed by atoms with van der Waals surface area (Å²) >= 11 is 0. The summed E-state index contributed by atoms with van der Waals surface area (Å²) < 4.78 is 2.42. The van der Waals surface area contributed by atoms with E-state index in [1.807, 2.05) is 6.20 Å². The molecule has 0 aromatic carbocycles. The predicted molar refractivity (Wildman–Crippen MR) is 157 cm³/mol. The number of hydrogen-bond acceptors (Lipinski definition) is 1. The van der Waals surface area contributed by atoms with Crippen molar-refractivity contribution in [1.82, 2.24) is 9.55 Å². The van der Waals surface area contributed by atoms with Crippen LogP contribution in [0.1, 0.15) is 182 Å². The van der Waals surface area contributed by atoms with Crippen LogP contribution in [0.5, 0.6) is 0 Å². The molecule has 2 nitrogen and oxygen atoms in total. The van der Waals surface area contributed by atoms with Crippen LogP contribution in [0, 0.1) is 5.92 Å². The predicted octanol–water partition coefficient (Wildman–Crippen LogP) is 11.6. The molecule has 0 aliphatic rings. The molecule has 35 heavy (non-hydrogen) atoms. The van der Waals surface area contributed by atoms with Crippen LogP contribution in [0.15, 0.2) is 18.7 Å². The fourth-order valence-electron chi connectivity index (χ4n) is 5.94. The molecule has 2 unspecified atom stereocenters. The van der Waals surface area contributed by atoms with Crippen LogP contribution in [0.4, 0.5) is 0 Å². The molecular weight excluding hydrogens is 424 g/mol. The molecule has 0 aliphatic carbocycles. The highest BCUT2D eigenvalue weighted by Gasteiger charge is 2.33. The Hall–Kier alpha value is -0.790. The van der Waals surface area contributed by atoms with Gasteiger partial charge < -0.3 is 4.57 Å². The number of imidazole rings is 1. The number of hydrogen-bond donors (Lipinski definition) is 0. The third-order valence-corrected chi connectivity index (χ3v) is 8.75. The van der Waals surface area contributed by atoms with Gasteiger partial charge in [0.2, 0.25) is 0 Å². The second-order valence-corrected chi connectivity index (χ2v) is 11.7. The Morgan fingerprint density at radius 1 is 0.571 bits per heavy atom. The van der Waals surface area contributed by atoms with Gasteiger partial charge >= 0.3 is 0 Å². The van der Waals surface area contributed by atoms with E-state index >= 15 is 0 Å². The normalized spacial score (nSPS) is 14.3. The fourth-order valence-corrected chi connectivity index (χ4v) is 5.94. The molecule has 0 radical (unpaired) electrons. The molecule has 0 saturated heterocycles. The summed E-state index contributed by atoms with van der Waals surface area (Å²) in [6.07, 6.45) is 40.3. The van der Waals surface area contributed by atoms with Gasteiger partial charge in [-0.25, -0.2) is 4.98 Å². The van der Waals surface area contributed by atoms with Gasteiger partial charge in [0.25, 0.3) is 0 Å². The molecule has 0 aliphatic heterocycles. The topological polar surface area (TPSA) is 17.8 Å². The third kappa shape index (κ3) is 15.1. The molecule has 1 rings (SSSR count). The van der Waals surface area contributed by atoms with Crippen LogP contribution in [0.3, 0.4) is 0 Å². The van der Waals surface area contributed by atoms with E-state index in [1.54, 1.807) is 0 Å². The lowest BCUT2D eigenvalue weighted by atomic mass is 9.76. The number of aromatic nitrogens is 2. The molecule has 0 bridgehead atoms. The lowest BCUT2D eigenvalue weighted by Crippen LogP contribution is -2.37. The maximum Gasteiger partial charge on any atom is 0.0951 e. The second-order valence-electron chi connectivity index (χ2n) is 11.7. The summed E-state index contributed by atoms with van der Waals surface area (Å²) in [5, 5.41) is 0. The van der Waals surface area contributed by atoms with E-state index in [0.29, 0.717) is 0 Å². The standard InChI is InChI=1S/C33H64N2/c1-5-8-10-12-14-15-16-17-18-19-20-22-24-26-28-32(27-25-23-21-13-11-9-6-2)33(4,7-3)35-30-29-34-31-35/h29-32H,5-28H2,1-4H3. The summed E-state index contributed by atoms with van der Waals surface area (Å²) in [5.41, 5.74) is 0.218. The molecule has 0 saturated carbocycles. The van der Waals surface area contributed by atoms with Crippen molar-refractivity contribution in [1.29, 1.82) is 0 Å². The molecular formula is C33H64N2. The lowest BCUT2D eigenvalue weighted by Gasteiger charge is -2.39. The van der Waals surface area contributed by atoms with E-state index in [1.165, 1.54) is 154 Å². The quantitative estimate of drug-likeness (QED) is 0.118. The third-order valence-electron chi connectivity index (χ3n) is 8.75. The maximum atomic E-state index is 4.39. The molecule has 1 aromatic rings. The Bertz CT molecular complexity index is 537. The van der Waals surface area contributed by atoms with E-state index in [-0.39, 0.29) is 5.54 Å². The molecule has 2 heteroatoms. The van der Waals surface area contributed by atoms with Gasteiger partial charge in [-0.2, -0.15) is 0 Å². The minimum atomic E-state index is 0.218. The van der Waals surface area contributed by atoms with E-state index in [4.69, 9.17) is 0 Å². The highest BCUT2D eigenvalue weighted by Crippen LogP contribution is 2.37. The zero-order valence-electron chi connectivity index (χ0n) is 24.7. The van der Waals surface area contributed by atoms with E-state index in [2.05, 4.69) is 49.8 Å². The highest BCUT2D eigenvalue weighted by molar-refractivity contribution is 4.93. The van der Waals surface area contributed by atoms with E-state index < -0.39 is 0 Å². The maximum absolute atomic E-state index is 4.39. The number of unbranched alkanes of at least 4 members (excludes halogenated alkanes) is 19. The average molecular weight is 489 g/mol. The van der Waals surface area contributed by atoms with Gasteiger partial charge in [0, 0.05) is 17.9 Å². The average Bonchev–Trinajstić information content (AvgIpc) is 3.42. The first-order valence-corrected chi connectivity index (χ1v) is 16.2. The molecule has 1 heterocycles. The first-order valence-electron chi connectivity index (χ1n) is 16.2. The van der Waals surface area contributed by atoms with Gasteiger partial charge in [0.15, 0.2) is 0 Å². The smallest absolute Gasteiger partial charge is 0.0951 e. The monoisotopic (exact) mass is 489 g/mol.